The van der Waals surface area contributed by atoms with E-state index in [0.29, 0.717) is 22.9 Å². The lowest BCUT2D eigenvalue weighted by Gasteiger charge is -2.12. The maximum Gasteiger partial charge on any atom is 0.277 e. The number of carbonyl (C=O) groups is 1. The second-order valence-electron chi connectivity index (χ2n) is 4.68. The largest absolute Gasteiger partial charge is 0.396 e. The molecule has 7 nitrogen and oxygen atoms in total. The average Bonchev–Trinajstić information content (AvgIpc) is 2.45. The number of anilines is 1. The number of nitrogen functional groups attached to an aromatic ring is 1. The minimum atomic E-state index is -0.268. The van der Waals surface area contributed by atoms with Gasteiger partial charge in [-0.25, -0.2) is 4.98 Å². The Morgan fingerprint density at radius 1 is 1.38 bits per heavy atom. The smallest absolute Gasteiger partial charge is 0.277 e. The van der Waals surface area contributed by atoms with Crippen LogP contribution in [0.1, 0.15) is 17.0 Å². The van der Waals surface area contributed by atoms with Gasteiger partial charge >= 0.3 is 0 Å². The van der Waals surface area contributed by atoms with Crippen LogP contribution in [-0.4, -0.2) is 27.5 Å². The number of nitrogens with one attached hydrogen (secondary N) is 1. The van der Waals surface area contributed by atoms with Gasteiger partial charge in [0.05, 0.1) is 12.1 Å². The summed E-state index contributed by atoms with van der Waals surface area (Å²) in [5.41, 5.74) is 7.81. The standard InChI is InChI=1S/C14H17N5O2/c1-8-10(7-12(20)16-3)6-11(15)13(18-8)19-5-4-17-9(2)14(19)21/h4-6H,7,15H2,1-3H3,(H,16,20). The molecule has 2 aromatic rings. The molecular formula is C14H17N5O2. The highest BCUT2D eigenvalue weighted by Gasteiger charge is 2.13. The third-order valence-electron chi connectivity index (χ3n) is 3.20. The van der Waals surface area contributed by atoms with E-state index in [9.17, 15) is 9.59 Å². The summed E-state index contributed by atoms with van der Waals surface area (Å²) in [6.07, 6.45) is 3.24. The van der Waals surface area contributed by atoms with Gasteiger partial charge in [-0.15, -0.1) is 0 Å². The number of amides is 1. The van der Waals surface area contributed by atoms with E-state index in [-0.39, 0.29) is 17.9 Å². The molecule has 0 saturated carbocycles. The maximum atomic E-state index is 12.1. The lowest BCUT2D eigenvalue weighted by Crippen LogP contribution is -2.24. The third kappa shape index (κ3) is 2.91. The van der Waals surface area contributed by atoms with E-state index in [1.54, 1.807) is 27.0 Å². The van der Waals surface area contributed by atoms with Crippen LogP contribution in [0.4, 0.5) is 5.69 Å². The maximum absolute atomic E-state index is 12.1. The van der Waals surface area contributed by atoms with Crippen LogP contribution in [0.15, 0.2) is 23.3 Å². The number of carbonyl (C=O) groups excluding carboxylic acids is 1. The summed E-state index contributed by atoms with van der Waals surface area (Å²) in [6.45, 7) is 3.40. The van der Waals surface area contributed by atoms with E-state index in [1.165, 1.54) is 17.0 Å². The molecule has 2 heterocycles. The molecule has 0 unspecified atom stereocenters. The molecular weight excluding hydrogens is 270 g/mol. The molecule has 0 aromatic carbocycles. The second kappa shape index (κ2) is 5.74. The molecule has 0 atom stereocenters. The molecule has 2 rings (SSSR count). The fourth-order valence-electron chi connectivity index (χ4n) is 1.96. The predicted molar refractivity (Wildman–Crippen MR) is 79.3 cm³/mol. The predicted octanol–water partition coefficient (Wildman–Crippen LogP) is 0.115. The number of nitrogens with zero attached hydrogens (tertiary/aromatic N) is 3. The zero-order valence-electron chi connectivity index (χ0n) is 12.2. The third-order valence-corrected chi connectivity index (χ3v) is 3.20. The first kappa shape index (κ1) is 14.7. The molecule has 3 N–H and O–H groups in total. The lowest BCUT2D eigenvalue weighted by molar-refractivity contribution is -0.119. The molecule has 110 valence electrons. The number of rotatable bonds is 3. The molecule has 1 amide bonds. The average molecular weight is 287 g/mol. The molecule has 0 saturated heterocycles. The Morgan fingerprint density at radius 3 is 2.76 bits per heavy atom. The summed E-state index contributed by atoms with van der Waals surface area (Å²) in [6, 6.07) is 1.68. The number of aromatic nitrogens is 3. The van der Waals surface area contributed by atoms with Crippen molar-refractivity contribution in [1.82, 2.24) is 19.9 Å². The SMILES string of the molecule is CNC(=O)Cc1cc(N)c(-n2ccnc(C)c2=O)nc1C. The van der Waals surface area contributed by atoms with Gasteiger partial charge < -0.3 is 11.1 Å². The first-order valence-corrected chi connectivity index (χ1v) is 6.45. The Labute approximate surface area is 121 Å². The topological polar surface area (TPSA) is 103 Å². The molecule has 0 bridgehead atoms. The van der Waals surface area contributed by atoms with Crippen molar-refractivity contribution in [3.63, 3.8) is 0 Å². The van der Waals surface area contributed by atoms with Gasteiger partial charge in [0.15, 0.2) is 5.82 Å². The van der Waals surface area contributed by atoms with Crippen molar-refractivity contribution in [3.05, 3.63) is 45.8 Å². The van der Waals surface area contributed by atoms with Crippen LogP contribution in [0.3, 0.4) is 0 Å². The highest BCUT2D eigenvalue weighted by Crippen LogP contribution is 2.18. The van der Waals surface area contributed by atoms with Crippen molar-refractivity contribution in [2.24, 2.45) is 0 Å². The number of hydrogen-bond donors (Lipinski definition) is 2. The number of nitrogens with two attached hydrogens (primary N) is 1. The second-order valence-corrected chi connectivity index (χ2v) is 4.68. The van der Waals surface area contributed by atoms with Gasteiger partial charge in [0.25, 0.3) is 5.56 Å². The molecule has 0 fully saturated rings. The molecule has 2 aromatic heterocycles. The molecule has 7 heteroatoms. The zero-order chi connectivity index (χ0) is 15.6. The Bertz CT molecular complexity index is 752. The quantitative estimate of drug-likeness (QED) is 0.834. The highest BCUT2D eigenvalue weighted by atomic mass is 16.1. The van der Waals surface area contributed by atoms with Crippen LogP contribution in [0.5, 0.6) is 0 Å². The summed E-state index contributed by atoms with van der Waals surface area (Å²) in [5, 5.41) is 2.55. The van der Waals surface area contributed by atoms with Crippen LogP contribution in [-0.2, 0) is 11.2 Å². The normalized spacial score (nSPS) is 10.4. The van der Waals surface area contributed by atoms with E-state index in [2.05, 4.69) is 15.3 Å². The van der Waals surface area contributed by atoms with Crippen molar-refractivity contribution in [3.8, 4) is 5.82 Å². The van der Waals surface area contributed by atoms with E-state index in [4.69, 9.17) is 5.73 Å². The van der Waals surface area contributed by atoms with E-state index in [0.717, 1.165) is 5.56 Å². The van der Waals surface area contributed by atoms with Crippen LogP contribution >= 0.6 is 0 Å². The van der Waals surface area contributed by atoms with Gasteiger partial charge in [-0.3, -0.25) is 19.1 Å². The molecule has 21 heavy (non-hydrogen) atoms. The van der Waals surface area contributed by atoms with Gasteiger partial charge in [-0.05, 0) is 25.5 Å². The molecule has 0 aliphatic rings. The summed E-state index contributed by atoms with van der Waals surface area (Å²) in [4.78, 5) is 31.8. The Hall–Kier alpha value is -2.70. The fourth-order valence-corrected chi connectivity index (χ4v) is 1.96. The zero-order valence-corrected chi connectivity index (χ0v) is 12.2. The first-order chi connectivity index (χ1) is 9.93. The van der Waals surface area contributed by atoms with Gasteiger partial charge in [-0.2, -0.15) is 0 Å². The molecule has 0 radical (unpaired) electrons. The van der Waals surface area contributed by atoms with E-state index in [1.807, 2.05) is 0 Å². The molecule has 0 aliphatic carbocycles. The van der Waals surface area contributed by atoms with Crippen molar-refractivity contribution in [2.75, 3.05) is 12.8 Å². The van der Waals surface area contributed by atoms with Gasteiger partial charge in [-0.1, -0.05) is 0 Å². The van der Waals surface area contributed by atoms with Crippen molar-refractivity contribution < 1.29 is 4.79 Å². The molecule has 0 aliphatic heterocycles. The van der Waals surface area contributed by atoms with Crippen molar-refractivity contribution in [2.45, 2.75) is 20.3 Å². The summed E-state index contributed by atoms with van der Waals surface area (Å²) >= 11 is 0. The van der Waals surface area contributed by atoms with Gasteiger partial charge in [0, 0.05) is 25.1 Å². The summed E-state index contributed by atoms with van der Waals surface area (Å²) < 4.78 is 1.36. The van der Waals surface area contributed by atoms with Crippen molar-refractivity contribution >= 4 is 11.6 Å². The Kier molecular flexibility index (Phi) is 4.02. The van der Waals surface area contributed by atoms with Gasteiger partial charge in [0.2, 0.25) is 5.91 Å². The number of likely N-dealkylation sites (N-methyl/N-ethyl adjacent to an activating group) is 1. The molecule has 0 spiro atoms. The summed E-state index contributed by atoms with van der Waals surface area (Å²) in [5.74, 6) is 0.229. The van der Waals surface area contributed by atoms with Crippen LogP contribution in [0.25, 0.3) is 5.82 Å². The lowest BCUT2D eigenvalue weighted by atomic mass is 10.1. The van der Waals surface area contributed by atoms with Gasteiger partial charge in [0.1, 0.15) is 5.69 Å². The monoisotopic (exact) mass is 287 g/mol. The minimum Gasteiger partial charge on any atom is -0.396 e. The van der Waals surface area contributed by atoms with Crippen molar-refractivity contribution in [1.29, 1.82) is 0 Å². The van der Waals surface area contributed by atoms with Crippen LogP contribution in [0, 0.1) is 13.8 Å². The Balaban J connectivity index is 2.52. The number of aryl methyl sites for hydroxylation is 2. The minimum absolute atomic E-state index is 0.121. The van der Waals surface area contributed by atoms with E-state index >= 15 is 0 Å². The highest BCUT2D eigenvalue weighted by molar-refractivity contribution is 5.79. The van der Waals surface area contributed by atoms with Crippen LogP contribution in [0.2, 0.25) is 0 Å². The first-order valence-electron chi connectivity index (χ1n) is 6.45. The summed E-state index contributed by atoms with van der Waals surface area (Å²) in [7, 11) is 1.57. The fraction of sp³-hybridized carbons (Fsp3) is 0.286. The number of hydrogen-bond acceptors (Lipinski definition) is 5. The number of pyridine rings is 1. The van der Waals surface area contributed by atoms with Crippen LogP contribution < -0.4 is 16.6 Å². The Morgan fingerprint density at radius 2 is 2.10 bits per heavy atom. The van der Waals surface area contributed by atoms with E-state index < -0.39 is 0 Å².